The maximum atomic E-state index is 11.2. The molecule has 0 aromatic carbocycles. The van der Waals surface area contributed by atoms with Crippen LogP contribution in [0.5, 0.6) is 0 Å². The predicted molar refractivity (Wildman–Crippen MR) is 44.1 cm³/mol. The molecule has 0 saturated carbocycles. The third kappa shape index (κ3) is 1.98. The van der Waals surface area contributed by atoms with Crippen molar-refractivity contribution >= 4 is 11.9 Å². The third-order valence-corrected chi connectivity index (χ3v) is 1.97. The predicted octanol–water partition coefficient (Wildman–Crippen LogP) is 0.390. The van der Waals surface area contributed by atoms with Crippen molar-refractivity contribution in [2.24, 2.45) is 0 Å². The Labute approximate surface area is 76.6 Å². The van der Waals surface area contributed by atoms with Gasteiger partial charge in [-0.3, -0.25) is 9.69 Å². The Kier molecular flexibility index (Phi) is 2.56. The molecule has 0 aliphatic carbocycles. The SMILES string of the molecule is COC(=O)N1CC(=O)COC1(C)C. The highest BCUT2D eigenvalue weighted by molar-refractivity contribution is 5.86. The van der Waals surface area contributed by atoms with Gasteiger partial charge in [0.1, 0.15) is 12.3 Å². The molecule has 74 valence electrons. The number of carbonyl (C=O) groups is 2. The van der Waals surface area contributed by atoms with Crippen molar-refractivity contribution in [1.29, 1.82) is 0 Å². The minimum Gasteiger partial charge on any atom is -0.453 e. The number of carbonyl (C=O) groups excluding carboxylic acids is 2. The summed E-state index contributed by atoms with van der Waals surface area (Å²) in [5.74, 6) is -0.121. The van der Waals surface area contributed by atoms with Gasteiger partial charge in [0.05, 0.1) is 13.7 Å². The second-order valence-electron chi connectivity index (χ2n) is 3.33. The molecule has 1 heterocycles. The van der Waals surface area contributed by atoms with Crippen LogP contribution in [0.2, 0.25) is 0 Å². The van der Waals surface area contributed by atoms with Gasteiger partial charge in [0.2, 0.25) is 0 Å². The van der Waals surface area contributed by atoms with Crippen LogP contribution in [0.15, 0.2) is 0 Å². The fourth-order valence-electron chi connectivity index (χ4n) is 1.14. The molecule has 1 rings (SSSR count). The largest absolute Gasteiger partial charge is 0.453 e. The van der Waals surface area contributed by atoms with E-state index in [2.05, 4.69) is 4.74 Å². The zero-order valence-electron chi connectivity index (χ0n) is 7.99. The van der Waals surface area contributed by atoms with Crippen molar-refractivity contribution in [3.8, 4) is 0 Å². The molecule has 13 heavy (non-hydrogen) atoms. The molecule has 0 atom stereocenters. The van der Waals surface area contributed by atoms with Gasteiger partial charge in [0, 0.05) is 0 Å². The van der Waals surface area contributed by atoms with Crippen LogP contribution < -0.4 is 0 Å². The summed E-state index contributed by atoms with van der Waals surface area (Å²) in [5, 5.41) is 0. The lowest BCUT2D eigenvalue weighted by Crippen LogP contribution is -2.56. The standard InChI is InChI=1S/C8H13NO4/c1-8(2)9(7(11)12-3)4-6(10)5-13-8/h4-5H2,1-3H3. The number of ether oxygens (including phenoxy) is 2. The van der Waals surface area contributed by atoms with Crippen molar-refractivity contribution < 1.29 is 19.1 Å². The molecule has 1 fully saturated rings. The molecule has 5 nitrogen and oxygen atoms in total. The molecule has 5 heteroatoms. The fourth-order valence-corrected chi connectivity index (χ4v) is 1.14. The van der Waals surface area contributed by atoms with E-state index in [1.165, 1.54) is 12.0 Å². The van der Waals surface area contributed by atoms with Crippen LogP contribution in [0.1, 0.15) is 13.8 Å². The first-order valence-electron chi connectivity index (χ1n) is 3.98. The number of Topliss-reactive ketones (excluding diaryl/α,β-unsaturated/α-hetero) is 1. The van der Waals surface area contributed by atoms with Gasteiger partial charge in [-0.15, -0.1) is 0 Å². The summed E-state index contributed by atoms with van der Waals surface area (Å²) < 4.78 is 9.72. The lowest BCUT2D eigenvalue weighted by molar-refractivity contribution is -0.167. The van der Waals surface area contributed by atoms with Crippen LogP contribution in [0.3, 0.4) is 0 Å². The van der Waals surface area contributed by atoms with Crippen LogP contribution in [0, 0.1) is 0 Å². The monoisotopic (exact) mass is 187 g/mol. The number of amides is 1. The second-order valence-corrected chi connectivity index (χ2v) is 3.33. The quantitative estimate of drug-likeness (QED) is 0.550. The maximum absolute atomic E-state index is 11.2. The molecule has 1 aliphatic heterocycles. The van der Waals surface area contributed by atoms with E-state index < -0.39 is 11.8 Å². The molecule has 0 N–H and O–H groups in total. The number of hydrogen-bond acceptors (Lipinski definition) is 4. The molecule has 0 bridgehead atoms. The molecule has 1 amide bonds. The Balaban J connectivity index is 2.77. The van der Waals surface area contributed by atoms with Gasteiger partial charge in [0.25, 0.3) is 0 Å². The molecule has 0 aromatic heterocycles. The Morgan fingerprint density at radius 1 is 1.62 bits per heavy atom. The molecule has 0 spiro atoms. The first-order valence-corrected chi connectivity index (χ1v) is 3.98. The average molecular weight is 187 g/mol. The molecule has 1 saturated heterocycles. The summed E-state index contributed by atoms with van der Waals surface area (Å²) in [6, 6.07) is 0. The van der Waals surface area contributed by atoms with Crippen molar-refractivity contribution in [3.05, 3.63) is 0 Å². The van der Waals surface area contributed by atoms with E-state index >= 15 is 0 Å². The number of ketones is 1. The van der Waals surface area contributed by atoms with Gasteiger partial charge < -0.3 is 9.47 Å². The van der Waals surface area contributed by atoms with Crippen LogP contribution >= 0.6 is 0 Å². The van der Waals surface area contributed by atoms with Gasteiger partial charge in [0.15, 0.2) is 5.78 Å². The maximum Gasteiger partial charge on any atom is 0.412 e. The Hall–Kier alpha value is -1.10. The van der Waals surface area contributed by atoms with Crippen molar-refractivity contribution in [2.75, 3.05) is 20.3 Å². The zero-order chi connectivity index (χ0) is 10.1. The van der Waals surface area contributed by atoms with Gasteiger partial charge in [-0.25, -0.2) is 4.79 Å². The highest BCUT2D eigenvalue weighted by Crippen LogP contribution is 2.20. The normalized spacial score (nSPS) is 21.5. The smallest absolute Gasteiger partial charge is 0.412 e. The van der Waals surface area contributed by atoms with Gasteiger partial charge in [-0.05, 0) is 13.8 Å². The Morgan fingerprint density at radius 3 is 2.77 bits per heavy atom. The summed E-state index contributed by atoms with van der Waals surface area (Å²) >= 11 is 0. The Bertz CT molecular complexity index is 236. The summed E-state index contributed by atoms with van der Waals surface area (Å²) in [5.41, 5.74) is -0.763. The van der Waals surface area contributed by atoms with E-state index in [0.717, 1.165) is 0 Å². The van der Waals surface area contributed by atoms with Crippen molar-refractivity contribution in [1.82, 2.24) is 4.90 Å². The van der Waals surface area contributed by atoms with Crippen LogP contribution in [-0.2, 0) is 14.3 Å². The van der Waals surface area contributed by atoms with Gasteiger partial charge in [-0.2, -0.15) is 0 Å². The van der Waals surface area contributed by atoms with Crippen LogP contribution in [0.4, 0.5) is 4.79 Å². The highest BCUT2D eigenvalue weighted by atomic mass is 16.6. The van der Waals surface area contributed by atoms with Gasteiger partial charge >= 0.3 is 6.09 Å². The molecule has 0 aromatic rings. The summed E-state index contributed by atoms with van der Waals surface area (Å²) in [6.07, 6.45) is -0.543. The van der Waals surface area contributed by atoms with Crippen molar-refractivity contribution in [2.45, 2.75) is 19.6 Å². The lowest BCUT2D eigenvalue weighted by Gasteiger charge is -2.39. The first kappa shape index (κ1) is 9.98. The fraction of sp³-hybridized carbons (Fsp3) is 0.750. The van der Waals surface area contributed by atoms with Crippen LogP contribution in [0.25, 0.3) is 0 Å². The summed E-state index contributed by atoms with van der Waals surface area (Å²) in [7, 11) is 1.28. The van der Waals surface area contributed by atoms with E-state index in [0.29, 0.717) is 0 Å². The zero-order valence-corrected chi connectivity index (χ0v) is 7.99. The highest BCUT2D eigenvalue weighted by Gasteiger charge is 2.38. The van der Waals surface area contributed by atoms with Gasteiger partial charge in [-0.1, -0.05) is 0 Å². The van der Waals surface area contributed by atoms with Crippen LogP contribution in [-0.4, -0.2) is 42.8 Å². The number of nitrogens with zero attached hydrogens (tertiary/aromatic N) is 1. The number of rotatable bonds is 0. The van der Waals surface area contributed by atoms with E-state index in [1.807, 2.05) is 0 Å². The van der Waals surface area contributed by atoms with E-state index in [9.17, 15) is 9.59 Å². The van der Waals surface area contributed by atoms with E-state index in [-0.39, 0.29) is 18.9 Å². The third-order valence-electron chi connectivity index (χ3n) is 1.97. The number of methoxy groups -OCH3 is 1. The molecule has 0 unspecified atom stereocenters. The Morgan fingerprint density at radius 2 is 2.23 bits per heavy atom. The minimum absolute atomic E-state index is 0.0552. The summed E-state index contributed by atoms with van der Waals surface area (Å²) in [6.45, 7) is 3.55. The molecule has 1 aliphatic rings. The van der Waals surface area contributed by atoms with E-state index in [1.54, 1.807) is 13.8 Å². The lowest BCUT2D eigenvalue weighted by atomic mass is 10.2. The topological polar surface area (TPSA) is 55.8 Å². The average Bonchev–Trinajstić information content (AvgIpc) is 2.08. The first-order chi connectivity index (χ1) is 5.97. The number of hydrogen-bond donors (Lipinski definition) is 0. The van der Waals surface area contributed by atoms with E-state index in [4.69, 9.17) is 4.74 Å². The van der Waals surface area contributed by atoms with Crippen molar-refractivity contribution in [3.63, 3.8) is 0 Å². The molecular weight excluding hydrogens is 174 g/mol. The minimum atomic E-state index is -0.763. The molecular formula is C8H13NO4. The summed E-state index contributed by atoms with van der Waals surface area (Å²) in [4.78, 5) is 23.5. The second kappa shape index (κ2) is 3.33. The molecule has 0 radical (unpaired) electrons.